The molecule has 3 aliphatic rings. The number of piperazine rings is 2. The van der Waals surface area contributed by atoms with E-state index in [0.717, 1.165) is 63.9 Å². The highest BCUT2D eigenvalue weighted by atomic mass is 32.2. The van der Waals surface area contributed by atoms with Gasteiger partial charge in [0.1, 0.15) is 0 Å². The van der Waals surface area contributed by atoms with Gasteiger partial charge in [-0.3, -0.25) is 9.00 Å². The maximum Gasteiger partial charge on any atom is 0.219 e. The van der Waals surface area contributed by atoms with Crippen molar-refractivity contribution in [1.82, 2.24) is 25.2 Å². The van der Waals surface area contributed by atoms with E-state index in [4.69, 9.17) is 0 Å². The monoisotopic (exact) mass is 411 g/mol. The van der Waals surface area contributed by atoms with Crippen molar-refractivity contribution in [2.24, 2.45) is 0 Å². The van der Waals surface area contributed by atoms with Crippen LogP contribution in [0, 0.1) is 0 Å². The van der Waals surface area contributed by atoms with Crippen LogP contribution in [0.1, 0.15) is 6.92 Å². The maximum atomic E-state index is 10.9. The van der Waals surface area contributed by atoms with Crippen LogP contribution in [0.3, 0.4) is 0 Å². The highest BCUT2D eigenvalue weighted by Crippen LogP contribution is 1.98. The van der Waals surface area contributed by atoms with E-state index in [9.17, 15) is 17.4 Å². The zero-order valence-electron chi connectivity index (χ0n) is 15.8. The molecule has 3 rings (SSSR count). The molecule has 0 radical (unpaired) electrons. The number of rotatable bonds is 1. The van der Waals surface area contributed by atoms with Crippen LogP contribution in [-0.4, -0.2) is 111 Å². The van der Waals surface area contributed by atoms with E-state index < -0.39 is 20.8 Å². The van der Waals surface area contributed by atoms with Crippen molar-refractivity contribution in [1.29, 1.82) is 0 Å². The third-order valence-electron chi connectivity index (χ3n) is 4.12. The Hall–Kier alpha value is -0.590. The fraction of sp³-hybridized carbons (Fsp3) is 0.933. The molecule has 3 heterocycles. The Kier molecular flexibility index (Phi) is 11.5. The lowest BCUT2D eigenvalue weighted by Gasteiger charge is -2.25. The highest BCUT2D eigenvalue weighted by Gasteiger charge is 2.17. The summed E-state index contributed by atoms with van der Waals surface area (Å²) < 4.78 is 33.8. The Bertz CT molecular complexity index is 524. The summed E-state index contributed by atoms with van der Waals surface area (Å²) in [5.74, 6) is 1.89. The zero-order chi connectivity index (χ0) is 19.4. The highest BCUT2D eigenvalue weighted by molar-refractivity contribution is 7.88. The number of nitrogens with one attached hydrogen (secondary N) is 3. The van der Waals surface area contributed by atoms with Gasteiger partial charge in [-0.25, -0.2) is 8.42 Å². The van der Waals surface area contributed by atoms with E-state index in [1.54, 1.807) is 6.92 Å². The van der Waals surface area contributed by atoms with Crippen LogP contribution >= 0.6 is 0 Å². The first kappa shape index (κ1) is 23.4. The summed E-state index contributed by atoms with van der Waals surface area (Å²) in [6.45, 7) is 9.88. The van der Waals surface area contributed by atoms with Gasteiger partial charge in [0.15, 0.2) is 0 Å². The van der Waals surface area contributed by atoms with Crippen LogP contribution in [0.2, 0.25) is 0 Å². The second-order valence-corrected chi connectivity index (χ2v) is 9.94. The number of hydrogen-bond acceptors (Lipinski definition) is 7. The molecule has 3 saturated heterocycles. The summed E-state index contributed by atoms with van der Waals surface area (Å²) in [6.07, 6.45) is 1.25. The predicted octanol–water partition coefficient (Wildman–Crippen LogP) is -2.37. The van der Waals surface area contributed by atoms with E-state index in [1.807, 2.05) is 4.90 Å². The van der Waals surface area contributed by atoms with Gasteiger partial charge < -0.3 is 20.9 Å². The Balaban J connectivity index is 0.000000198. The molecule has 0 aromatic rings. The van der Waals surface area contributed by atoms with Gasteiger partial charge in [-0.1, -0.05) is 0 Å². The van der Waals surface area contributed by atoms with Crippen LogP contribution < -0.4 is 16.0 Å². The molecule has 11 heteroatoms. The molecule has 3 N–H and O–H groups in total. The van der Waals surface area contributed by atoms with Crippen molar-refractivity contribution >= 4 is 26.7 Å². The number of carbonyl (C=O) groups is 1. The van der Waals surface area contributed by atoms with Crippen molar-refractivity contribution in [3.05, 3.63) is 0 Å². The number of sulfonamides is 1. The number of amides is 1. The zero-order valence-corrected chi connectivity index (χ0v) is 17.5. The van der Waals surface area contributed by atoms with Gasteiger partial charge in [0.2, 0.25) is 15.9 Å². The third-order valence-corrected chi connectivity index (χ3v) is 6.74. The smallest absolute Gasteiger partial charge is 0.219 e. The Labute approximate surface area is 159 Å². The van der Waals surface area contributed by atoms with E-state index in [1.165, 1.54) is 10.6 Å². The molecular formula is C15H33N5O4S2. The molecule has 26 heavy (non-hydrogen) atoms. The SMILES string of the molecule is CC(=O)N1CCNCC1.CS(=O)(=O)N1CCNCC1.O=S1CCNCC1. The van der Waals surface area contributed by atoms with Gasteiger partial charge in [-0.05, 0) is 0 Å². The first-order valence-corrected chi connectivity index (χ1v) is 12.3. The quantitative estimate of drug-likeness (QED) is 0.442. The predicted molar refractivity (Wildman–Crippen MR) is 105 cm³/mol. The topological polar surface area (TPSA) is 111 Å². The van der Waals surface area contributed by atoms with Gasteiger partial charge in [0, 0.05) is 94.7 Å². The van der Waals surface area contributed by atoms with Gasteiger partial charge in [-0.2, -0.15) is 4.31 Å². The number of hydrogen-bond donors (Lipinski definition) is 3. The molecule has 0 unspecified atom stereocenters. The minimum absolute atomic E-state index is 0.191. The molecule has 154 valence electrons. The second kappa shape index (κ2) is 12.7. The van der Waals surface area contributed by atoms with E-state index in [2.05, 4.69) is 16.0 Å². The van der Waals surface area contributed by atoms with E-state index in [-0.39, 0.29) is 5.91 Å². The first-order valence-electron chi connectivity index (χ1n) is 8.98. The molecule has 1 amide bonds. The van der Waals surface area contributed by atoms with Crippen molar-refractivity contribution in [2.45, 2.75) is 6.92 Å². The molecule has 0 spiro atoms. The maximum absolute atomic E-state index is 10.9. The number of carbonyl (C=O) groups excluding carboxylic acids is 1. The van der Waals surface area contributed by atoms with Crippen molar-refractivity contribution in [3.8, 4) is 0 Å². The van der Waals surface area contributed by atoms with Crippen molar-refractivity contribution < 1.29 is 17.4 Å². The summed E-state index contributed by atoms with van der Waals surface area (Å²) in [6, 6.07) is 0. The standard InChI is InChI=1S/C6H12N2O.C5H12N2O2S.C4H9NOS/c1-6(9)8-4-2-7-3-5-8;1-10(8,9)7-4-2-6-3-5-7;6-7-3-1-5-2-4-7/h7H,2-5H2,1H3;6H,2-5H2,1H3;5H,1-4H2. The van der Waals surface area contributed by atoms with Crippen molar-refractivity contribution in [3.63, 3.8) is 0 Å². The largest absolute Gasteiger partial charge is 0.340 e. The summed E-state index contributed by atoms with van der Waals surface area (Å²) in [7, 11) is -3.44. The molecule has 0 bridgehead atoms. The average molecular weight is 412 g/mol. The van der Waals surface area contributed by atoms with Crippen LogP contribution in [0.25, 0.3) is 0 Å². The molecule has 9 nitrogen and oxygen atoms in total. The summed E-state index contributed by atoms with van der Waals surface area (Å²) >= 11 is 0. The lowest BCUT2D eigenvalue weighted by atomic mass is 10.4. The minimum atomic E-state index is -2.93. The van der Waals surface area contributed by atoms with Crippen LogP contribution in [0.5, 0.6) is 0 Å². The summed E-state index contributed by atoms with van der Waals surface area (Å²) in [5.41, 5.74) is 0. The molecule has 0 aromatic heterocycles. The van der Waals surface area contributed by atoms with E-state index >= 15 is 0 Å². The van der Waals surface area contributed by atoms with E-state index in [0.29, 0.717) is 13.1 Å². The lowest BCUT2D eigenvalue weighted by molar-refractivity contribution is -0.129. The van der Waals surface area contributed by atoms with Crippen LogP contribution in [0.15, 0.2) is 0 Å². The van der Waals surface area contributed by atoms with Gasteiger partial charge in [-0.15, -0.1) is 0 Å². The molecule has 0 atom stereocenters. The normalized spacial score (nSPS) is 22.5. The fourth-order valence-electron chi connectivity index (χ4n) is 2.55. The van der Waals surface area contributed by atoms with Crippen molar-refractivity contribution in [2.75, 3.05) is 83.2 Å². The molecular weight excluding hydrogens is 378 g/mol. The Morgan fingerprint density at radius 3 is 1.54 bits per heavy atom. The Morgan fingerprint density at radius 1 is 0.846 bits per heavy atom. The molecule has 0 aliphatic carbocycles. The third kappa shape index (κ3) is 10.5. The number of nitrogens with zero attached hydrogens (tertiary/aromatic N) is 2. The minimum Gasteiger partial charge on any atom is -0.340 e. The van der Waals surface area contributed by atoms with Gasteiger partial charge in [0.05, 0.1) is 6.26 Å². The van der Waals surface area contributed by atoms with Gasteiger partial charge >= 0.3 is 0 Å². The van der Waals surface area contributed by atoms with Gasteiger partial charge in [0.25, 0.3) is 0 Å². The fourth-order valence-corrected chi connectivity index (χ4v) is 4.35. The first-order chi connectivity index (χ1) is 12.3. The lowest BCUT2D eigenvalue weighted by Crippen LogP contribution is -2.45. The molecule has 0 aromatic carbocycles. The second-order valence-electron chi connectivity index (χ2n) is 6.27. The Morgan fingerprint density at radius 2 is 1.27 bits per heavy atom. The average Bonchev–Trinajstić information content (AvgIpc) is 2.64. The summed E-state index contributed by atoms with van der Waals surface area (Å²) in [5, 5.41) is 9.38. The van der Waals surface area contributed by atoms with Crippen LogP contribution in [-0.2, 0) is 25.6 Å². The van der Waals surface area contributed by atoms with Crippen LogP contribution in [0.4, 0.5) is 0 Å². The molecule has 0 saturated carbocycles. The molecule has 3 aliphatic heterocycles. The summed E-state index contributed by atoms with van der Waals surface area (Å²) in [4.78, 5) is 12.6. The molecule has 3 fully saturated rings.